The lowest BCUT2D eigenvalue weighted by Crippen LogP contribution is -2.47. The topological polar surface area (TPSA) is 60.0 Å². The molecule has 4 rings (SSSR count). The first-order chi connectivity index (χ1) is 14.2. The van der Waals surface area contributed by atoms with Gasteiger partial charge in [0.2, 0.25) is 5.91 Å². The van der Waals surface area contributed by atoms with Gasteiger partial charge >= 0.3 is 0 Å². The molecule has 0 atom stereocenters. The van der Waals surface area contributed by atoms with Gasteiger partial charge in [-0.15, -0.1) is 0 Å². The third-order valence-corrected chi connectivity index (χ3v) is 5.46. The molecule has 2 aliphatic heterocycles. The summed E-state index contributed by atoms with van der Waals surface area (Å²) in [4.78, 5) is 14.4. The minimum atomic E-state index is -0.431. The lowest BCUT2D eigenvalue weighted by molar-refractivity contribution is -0.187. The third kappa shape index (κ3) is 5.28. The van der Waals surface area contributed by atoms with Crippen LogP contribution in [0.15, 0.2) is 54.6 Å². The Morgan fingerprint density at radius 2 is 1.69 bits per heavy atom. The Morgan fingerprint density at radius 1 is 1.00 bits per heavy atom. The maximum absolute atomic E-state index is 12.4. The van der Waals surface area contributed by atoms with Crippen LogP contribution >= 0.6 is 0 Å². The van der Waals surface area contributed by atoms with Crippen molar-refractivity contribution in [2.45, 2.75) is 31.7 Å². The van der Waals surface area contributed by atoms with Gasteiger partial charge in [0, 0.05) is 44.6 Å². The number of piperidine rings is 1. The van der Waals surface area contributed by atoms with Gasteiger partial charge in [0.25, 0.3) is 0 Å². The number of rotatable bonds is 7. The number of nitrogens with one attached hydrogen (secondary N) is 1. The summed E-state index contributed by atoms with van der Waals surface area (Å²) in [5.41, 5.74) is 2.12. The SMILES string of the molecule is O=C(CCNc1ccc(OCc2ccccc2)cc1)N1CCC2(CC1)OCCO2. The lowest BCUT2D eigenvalue weighted by Gasteiger charge is -2.37. The molecule has 0 saturated carbocycles. The number of anilines is 1. The van der Waals surface area contributed by atoms with E-state index in [2.05, 4.69) is 5.32 Å². The Labute approximate surface area is 171 Å². The van der Waals surface area contributed by atoms with Gasteiger partial charge in [0.1, 0.15) is 12.4 Å². The number of nitrogens with zero attached hydrogens (tertiary/aromatic N) is 1. The molecule has 154 valence electrons. The number of benzene rings is 2. The summed E-state index contributed by atoms with van der Waals surface area (Å²) in [7, 11) is 0. The van der Waals surface area contributed by atoms with Gasteiger partial charge < -0.3 is 24.4 Å². The average molecular weight is 396 g/mol. The second kappa shape index (κ2) is 9.29. The zero-order chi connectivity index (χ0) is 19.9. The van der Waals surface area contributed by atoms with Crippen molar-refractivity contribution in [3.05, 3.63) is 60.2 Å². The van der Waals surface area contributed by atoms with Crippen LogP contribution in [0.4, 0.5) is 5.69 Å². The molecule has 6 nitrogen and oxygen atoms in total. The Bertz CT molecular complexity index is 778. The highest BCUT2D eigenvalue weighted by molar-refractivity contribution is 5.76. The van der Waals surface area contributed by atoms with Crippen LogP contribution in [0.5, 0.6) is 5.75 Å². The number of hydrogen-bond donors (Lipinski definition) is 1. The second-order valence-electron chi connectivity index (χ2n) is 7.46. The van der Waals surface area contributed by atoms with E-state index in [-0.39, 0.29) is 5.91 Å². The Kier molecular flexibility index (Phi) is 6.32. The van der Waals surface area contributed by atoms with Crippen LogP contribution in [-0.2, 0) is 20.9 Å². The first-order valence-corrected chi connectivity index (χ1v) is 10.3. The summed E-state index contributed by atoms with van der Waals surface area (Å²) >= 11 is 0. The highest BCUT2D eigenvalue weighted by Crippen LogP contribution is 2.31. The Hall–Kier alpha value is -2.57. The normalized spacial score (nSPS) is 18.0. The molecule has 2 saturated heterocycles. The van der Waals surface area contributed by atoms with Crippen molar-refractivity contribution in [3.8, 4) is 5.75 Å². The van der Waals surface area contributed by atoms with Gasteiger partial charge in [0.05, 0.1) is 13.2 Å². The van der Waals surface area contributed by atoms with Crippen molar-refractivity contribution in [1.82, 2.24) is 4.90 Å². The molecule has 0 radical (unpaired) electrons. The summed E-state index contributed by atoms with van der Waals surface area (Å²) in [5.74, 6) is 0.571. The highest BCUT2D eigenvalue weighted by atomic mass is 16.7. The van der Waals surface area contributed by atoms with Gasteiger partial charge in [-0.2, -0.15) is 0 Å². The second-order valence-corrected chi connectivity index (χ2v) is 7.46. The van der Waals surface area contributed by atoms with Crippen LogP contribution in [0, 0.1) is 0 Å². The number of hydrogen-bond acceptors (Lipinski definition) is 5. The molecule has 2 aromatic rings. The van der Waals surface area contributed by atoms with Crippen LogP contribution in [-0.4, -0.2) is 49.4 Å². The van der Waals surface area contributed by atoms with E-state index < -0.39 is 5.79 Å². The monoisotopic (exact) mass is 396 g/mol. The molecule has 0 unspecified atom stereocenters. The molecule has 2 fully saturated rings. The lowest BCUT2D eigenvalue weighted by atomic mass is 10.0. The number of amides is 1. The zero-order valence-electron chi connectivity index (χ0n) is 16.6. The molecule has 0 bridgehead atoms. The van der Waals surface area contributed by atoms with Crippen LogP contribution in [0.3, 0.4) is 0 Å². The van der Waals surface area contributed by atoms with Gasteiger partial charge in [-0.1, -0.05) is 30.3 Å². The van der Waals surface area contributed by atoms with E-state index in [1.54, 1.807) is 0 Å². The summed E-state index contributed by atoms with van der Waals surface area (Å²) in [5, 5.41) is 3.31. The van der Waals surface area contributed by atoms with Crippen LogP contribution in [0.25, 0.3) is 0 Å². The summed E-state index contributed by atoms with van der Waals surface area (Å²) in [6, 6.07) is 17.9. The van der Waals surface area contributed by atoms with Crippen LogP contribution < -0.4 is 10.1 Å². The summed E-state index contributed by atoms with van der Waals surface area (Å²) in [6.07, 6.45) is 1.99. The summed E-state index contributed by atoms with van der Waals surface area (Å²) < 4.78 is 17.2. The van der Waals surface area contributed by atoms with Crippen molar-refractivity contribution in [2.24, 2.45) is 0 Å². The van der Waals surface area contributed by atoms with E-state index >= 15 is 0 Å². The maximum atomic E-state index is 12.4. The van der Waals surface area contributed by atoms with Crippen molar-refractivity contribution < 1.29 is 19.0 Å². The Balaban J connectivity index is 1.16. The first-order valence-electron chi connectivity index (χ1n) is 10.3. The van der Waals surface area contributed by atoms with E-state index in [0.717, 1.165) is 29.8 Å². The average Bonchev–Trinajstić information content (AvgIpc) is 3.22. The number of likely N-dealkylation sites (tertiary alicyclic amines) is 1. The zero-order valence-corrected chi connectivity index (χ0v) is 16.6. The van der Waals surface area contributed by atoms with Crippen molar-refractivity contribution in [1.29, 1.82) is 0 Å². The standard InChI is InChI=1S/C23H28N2O4/c26-22(25-14-11-23(12-15-25)28-16-17-29-23)10-13-24-20-6-8-21(9-7-20)27-18-19-4-2-1-3-5-19/h1-9,24H,10-18H2. The molecular formula is C23H28N2O4. The van der Waals surface area contributed by atoms with Crippen LogP contribution in [0.1, 0.15) is 24.8 Å². The molecular weight excluding hydrogens is 368 g/mol. The largest absolute Gasteiger partial charge is 0.489 e. The molecule has 0 aromatic heterocycles. The predicted molar refractivity (Wildman–Crippen MR) is 111 cm³/mol. The smallest absolute Gasteiger partial charge is 0.224 e. The van der Waals surface area contributed by atoms with E-state index in [1.807, 2.05) is 59.5 Å². The van der Waals surface area contributed by atoms with Gasteiger partial charge in [-0.3, -0.25) is 4.79 Å². The molecule has 2 aromatic carbocycles. The quantitative estimate of drug-likeness (QED) is 0.777. The number of carbonyl (C=O) groups excluding carboxylic acids is 1. The molecule has 1 N–H and O–H groups in total. The van der Waals surface area contributed by atoms with Gasteiger partial charge in [-0.05, 0) is 29.8 Å². The molecule has 29 heavy (non-hydrogen) atoms. The van der Waals surface area contributed by atoms with E-state index in [4.69, 9.17) is 14.2 Å². The minimum Gasteiger partial charge on any atom is -0.489 e. The van der Waals surface area contributed by atoms with Gasteiger partial charge in [-0.25, -0.2) is 0 Å². The number of carbonyl (C=O) groups is 1. The fourth-order valence-corrected chi connectivity index (χ4v) is 3.76. The Morgan fingerprint density at radius 3 is 2.38 bits per heavy atom. The maximum Gasteiger partial charge on any atom is 0.224 e. The van der Waals surface area contributed by atoms with Crippen molar-refractivity contribution in [2.75, 3.05) is 38.2 Å². The highest BCUT2D eigenvalue weighted by Gasteiger charge is 2.40. The van der Waals surface area contributed by atoms with Gasteiger partial charge in [0.15, 0.2) is 5.79 Å². The molecule has 0 aliphatic carbocycles. The fraction of sp³-hybridized carbons (Fsp3) is 0.435. The van der Waals surface area contributed by atoms with E-state index in [0.29, 0.717) is 45.9 Å². The molecule has 1 amide bonds. The molecule has 6 heteroatoms. The van der Waals surface area contributed by atoms with Crippen LogP contribution in [0.2, 0.25) is 0 Å². The summed E-state index contributed by atoms with van der Waals surface area (Å²) in [6.45, 7) is 3.88. The number of ether oxygens (including phenoxy) is 3. The van der Waals surface area contributed by atoms with E-state index in [9.17, 15) is 4.79 Å². The van der Waals surface area contributed by atoms with E-state index in [1.165, 1.54) is 0 Å². The fourth-order valence-electron chi connectivity index (χ4n) is 3.76. The first kappa shape index (κ1) is 19.7. The van der Waals surface area contributed by atoms with Crippen molar-refractivity contribution in [3.63, 3.8) is 0 Å². The third-order valence-electron chi connectivity index (χ3n) is 5.46. The van der Waals surface area contributed by atoms with Crippen molar-refractivity contribution >= 4 is 11.6 Å². The molecule has 2 aliphatic rings. The predicted octanol–water partition coefficient (Wildman–Crippen LogP) is 3.43. The molecule has 1 spiro atoms. The minimum absolute atomic E-state index is 0.174. The molecule has 2 heterocycles.